The van der Waals surface area contributed by atoms with E-state index in [0.717, 1.165) is 0 Å². The number of carbonyl (C=O) groups excluding carboxylic acids is 3. The number of nitrogens with one attached hydrogen (secondary N) is 3. The van der Waals surface area contributed by atoms with Crippen LogP contribution in [-0.4, -0.2) is 53.0 Å². The van der Waals surface area contributed by atoms with E-state index in [4.69, 9.17) is 10.8 Å². The predicted octanol–water partition coefficient (Wildman–Crippen LogP) is -2.07. The van der Waals surface area contributed by atoms with E-state index in [0.29, 0.717) is 0 Å². The van der Waals surface area contributed by atoms with Crippen molar-refractivity contribution in [1.82, 2.24) is 16.0 Å². The molecule has 9 heteroatoms. The summed E-state index contributed by atoms with van der Waals surface area (Å²) in [6.07, 6.45) is 0. The van der Waals surface area contributed by atoms with Crippen molar-refractivity contribution in [3.05, 3.63) is 0 Å². The molecule has 6 N–H and O–H groups in total. The summed E-state index contributed by atoms with van der Waals surface area (Å²) >= 11 is 0. The fourth-order valence-corrected chi connectivity index (χ4v) is 1.21. The van der Waals surface area contributed by atoms with Crippen LogP contribution in [0, 0.1) is 0 Å². The van der Waals surface area contributed by atoms with Crippen molar-refractivity contribution in [3.8, 4) is 0 Å². The van der Waals surface area contributed by atoms with Gasteiger partial charge in [0.1, 0.15) is 18.1 Å². The number of carboxylic acids is 1. The maximum absolute atomic E-state index is 11.8. The zero-order chi connectivity index (χ0) is 16.7. The molecule has 4 atom stereocenters. The summed E-state index contributed by atoms with van der Waals surface area (Å²) in [5, 5.41) is 15.6. The fourth-order valence-electron chi connectivity index (χ4n) is 1.21. The molecule has 0 rings (SSSR count). The highest BCUT2D eigenvalue weighted by Crippen LogP contribution is 1.91. The monoisotopic (exact) mass is 318 g/mol. The van der Waals surface area contributed by atoms with Gasteiger partial charge in [-0.2, -0.15) is 0 Å². The Morgan fingerprint density at radius 2 is 1.10 bits per heavy atom. The van der Waals surface area contributed by atoms with E-state index >= 15 is 0 Å². The van der Waals surface area contributed by atoms with Crippen molar-refractivity contribution in [2.75, 3.05) is 0 Å². The Balaban J connectivity index is 4.40. The number of nitrogens with two attached hydrogens (primary N) is 1. The highest BCUT2D eigenvalue weighted by atomic mass is 16.5. The minimum absolute atomic E-state index is 0.491. The third-order valence-corrected chi connectivity index (χ3v) is 2.65. The van der Waals surface area contributed by atoms with Gasteiger partial charge in [0, 0.05) is 0 Å². The molecule has 0 aliphatic heterocycles. The smallest absolute Gasteiger partial charge is 0.325 e. The molecular formula is C12H22N4O5. The number of hydrogen-bond acceptors (Lipinski definition) is 5. The first-order chi connectivity index (χ1) is 9.56. The number of hydrogen-bond donors (Lipinski definition) is 5. The van der Waals surface area contributed by atoms with Crippen LogP contribution in [0.15, 0.2) is 0 Å². The standard InChI is InChI=1S/C12H22N4O5/c1-5(13)9(17)14-6(2)10(18)15-7(3)11(19)16-8(4)12(20)21/h5-8H,13H2,1-4H3,(H,14,17)(H,15,18)(H,16,19)(H,20,21)/t5-,6-,7-,8-/m0/s1/i1+1,2+1,3+1,4+1,5+1,6+1,7+1,8+1,9+1,10+1,11+1,12+1,13+1,14+1,15+1,16+1. The minimum Gasteiger partial charge on any atom is -0.480 e. The number of rotatable bonds is 7. The Morgan fingerprint density at radius 3 is 1.43 bits per heavy atom. The van der Waals surface area contributed by atoms with Gasteiger partial charge in [0.25, 0.3) is 0 Å². The second kappa shape index (κ2) is 8.20. The number of amides is 3. The van der Waals surface area contributed by atoms with E-state index in [1.165, 1.54) is 27.7 Å². The summed E-state index contributed by atoms with van der Waals surface area (Å²) < 4.78 is 0. The average Bonchev–Trinajstić information content (AvgIpc) is 2.37. The van der Waals surface area contributed by atoms with E-state index in [-0.39, 0.29) is 0 Å². The first-order valence-corrected chi connectivity index (χ1v) is 6.45. The quantitative estimate of drug-likeness (QED) is 0.269. The molecule has 0 aromatic rings. The van der Waals surface area contributed by atoms with Crippen LogP contribution in [0.4, 0.5) is 0 Å². The van der Waals surface area contributed by atoms with Crippen LogP contribution in [-0.2, 0) is 19.2 Å². The van der Waals surface area contributed by atoms with E-state index in [1.54, 1.807) is 0 Å². The van der Waals surface area contributed by atoms with Gasteiger partial charge in [-0.25, -0.2) is 0 Å². The molecule has 0 unspecified atom stereocenters. The highest BCUT2D eigenvalue weighted by molar-refractivity contribution is 5.93. The molecule has 0 radical (unpaired) electrons. The van der Waals surface area contributed by atoms with Crippen LogP contribution in [0.3, 0.4) is 0 Å². The van der Waals surface area contributed by atoms with Crippen LogP contribution in [0.1, 0.15) is 27.7 Å². The fraction of sp³-hybridized carbons (Fsp3) is 0.667. The molecule has 0 saturated carbocycles. The maximum atomic E-state index is 11.8. The van der Waals surface area contributed by atoms with E-state index in [9.17, 15) is 19.2 Å². The lowest BCUT2D eigenvalue weighted by Gasteiger charge is -2.19. The summed E-state index contributed by atoms with van der Waals surface area (Å²) in [5.74, 6) is -2.88. The normalized spacial score (nSPS) is 16.0. The summed E-state index contributed by atoms with van der Waals surface area (Å²) in [5.41, 5.74) is 5.35. The van der Waals surface area contributed by atoms with Gasteiger partial charge in [0.15, 0.2) is 0 Å². The second-order valence-corrected chi connectivity index (χ2v) is 4.82. The zero-order valence-corrected chi connectivity index (χ0v) is 12.5. The molecule has 0 bridgehead atoms. The third kappa shape index (κ3) is 6.70. The molecule has 0 aromatic carbocycles. The predicted molar refractivity (Wildman–Crippen MR) is 74.1 cm³/mol. The Morgan fingerprint density at radius 1 is 0.762 bits per heavy atom. The SMILES string of the molecule is [13CH3][13C@H]([15NH2])[13C](=O)[15NH][13C@@H]([13CH3])[13C](=O)[15NH][13C@@H]([13CH3])[13C](=O)[15NH][13C@@H]([13CH3])[13C](=O)O. The van der Waals surface area contributed by atoms with Gasteiger partial charge >= 0.3 is 5.97 Å². The van der Waals surface area contributed by atoms with Crippen LogP contribution in [0.2, 0.25) is 0 Å². The van der Waals surface area contributed by atoms with Crippen molar-refractivity contribution in [3.63, 3.8) is 0 Å². The lowest BCUT2D eigenvalue weighted by molar-refractivity contribution is -0.141. The molecule has 21 heavy (non-hydrogen) atoms. The molecule has 120 valence electrons. The Kier molecular flexibility index (Phi) is 7.36. The van der Waals surface area contributed by atoms with Crippen LogP contribution in [0.5, 0.6) is 0 Å². The molecule has 0 saturated heterocycles. The molecule has 0 aliphatic rings. The van der Waals surface area contributed by atoms with Crippen molar-refractivity contribution in [2.24, 2.45) is 5.73 Å². The molecule has 0 aliphatic carbocycles. The molecule has 9 nitrogen and oxygen atoms in total. The van der Waals surface area contributed by atoms with Gasteiger partial charge in [0.2, 0.25) is 17.7 Å². The molecule has 0 aromatic heterocycles. The topological polar surface area (TPSA) is 151 Å². The Bertz CT molecular complexity index is 424. The summed E-state index contributed by atoms with van der Waals surface area (Å²) in [4.78, 5) is 45.4. The summed E-state index contributed by atoms with van der Waals surface area (Å²) in [7, 11) is 0. The van der Waals surface area contributed by atoms with Gasteiger partial charge in [-0.15, -0.1) is 0 Å². The van der Waals surface area contributed by atoms with Crippen molar-refractivity contribution < 1.29 is 24.3 Å². The number of carboxylic acid groups (broad SMARTS) is 1. The van der Waals surface area contributed by atoms with Crippen molar-refractivity contribution in [2.45, 2.75) is 51.9 Å². The lowest BCUT2D eigenvalue weighted by atomic mass is 11.2. The second-order valence-electron chi connectivity index (χ2n) is 4.82. The van der Waals surface area contributed by atoms with E-state index in [1.807, 2.05) is 0 Å². The van der Waals surface area contributed by atoms with Crippen LogP contribution >= 0.6 is 0 Å². The molecular weight excluding hydrogens is 296 g/mol. The van der Waals surface area contributed by atoms with E-state index < -0.39 is 47.9 Å². The van der Waals surface area contributed by atoms with Gasteiger partial charge < -0.3 is 26.8 Å². The Hall–Kier alpha value is -2.16. The van der Waals surface area contributed by atoms with Crippen molar-refractivity contribution >= 4 is 23.7 Å². The number of aliphatic carboxylic acids is 1. The average molecular weight is 318 g/mol. The zero-order valence-electron chi connectivity index (χ0n) is 12.5. The molecule has 0 heterocycles. The summed E-state index contributed by atoms with van der Waals surface area (Å²) in [6.45, 7) is 5.63. The molecule has 0 fully saturated rings. The van der Waals surface area contributed by atoms with Gasteiger partial charge in [0.05, 0.1) is 6.04 Å². The highest BCUT2D eigenvalue weighted by Gasteiger charge is 2.23. The van der Waals surface area contributed by atoms with Crippen LogP contribution < -0.4 is 21.7 Å². The van der Waals surface area contributed by atoms with Crippen LogP contribution in [0.25, 0.3) is 0 Å². The maximum Gasteiger partial charge on any atom is 0.325 e. The minimum atomic E-state index is -1.18. The van der Waals surface area contributed by atoms with Gasteiger partial charge in [-0.3, -0.25) is 19.2 Å². The largest absolute Gasteiger partial charge is 0.480 e. The van der Waals surface area contributed by atoms with Crippen molar-refractivity contribution in [1.29, 1.82) is 0 Å². The molecule has 3 amide bonds. The van der Waals surface area contributed by atoms with Gasteiger partial charge in [-0.1, -0.05) is 0 Å². The first kappa shape index (κ1) is 18.8. The lowest BCUT2D eigenvalue weighted by Crippen LogP contribution is -2.54. The Labute approximate surface area is 122 Å². The first-order valence-electron chi connectivity index (χ1n) is 6.45. The van der Waals surface area contributed by atoms with E-state index in [2.05, 4.69) is 16.0 Å². The molecule has 0 spiro atoms. The van der Waals surface area contributed by atoms with Gasteiger partial charge in [-0.05, 0) is 27.7 Å². The summed E-state index contributed by atoms with van der Waals surface area (Å²) in [6, 6.07) is -3.62. The number of carbonyl (C=O) groups is 4. The third-order valence-electron chi connectivity index (χ3n) is 2.65.